The lowest BCUT2D eigenvalue weighted by atomic mass is 10.1. The number of amides is 1. The van der Waals surface area contributed by atoms with Crippen LogP contribution in [0, 0.1) is 0 Å². The number of rotatable bonds is 3. The first-order chi connectivity index (χ1) is 9.47. The fraction of sp³-hybridized carbons (Fsp3) is 0.133. The van der Waals surface area contributed by atoms with E-state index in [1.54, 1.807) is 49.4 Å². The van der Waals surface area contributed by atoms with Gasteiger partial charge in [0.2, 0.25) is 0 Å². The molecule has 0 fully saturated rings. The van der Waals surface area contributed by atoms with Crippen molar-refractivity contribution in [2.45, 2.75) is 13.0 Å². The first-order valence-electron chi connectivity index (χ1n) is 6.02. The predicted octanol–water partition coefficient (Wildman–Crippen LogP) is 4.41. The fourth-order valence-corrected chi connectivity index (χ4v) is 2.31. The van der Waals surface area contributed by atoms with Crippen molar-refractivity contribution in [3.63, 3.8) is 0 Å². The minimum absolute atomic E-state index is 0.293. The zero-order chi connectivity index (χ0) is 14.7. The Hall–Kier alpha value is -1.36. The Morgan fingerprint density at radius 2 is 2.05 bits per heavy atom. The molecule has 0 aliphatic rings. The Labute approximate surface area is 130 Å². The standard InChI is InChI=1S/C15H13BrClNO2/c1-9(19)10-3-2-4-12(7-10)18-15(20)13-8-11(16)5-6-14(13)17/h2-9,19H,1H3,(H,18,20). The van der Waals surface area contributed by atoms with Crippen molar-refractivity contribution < 1.29 is 9.90 Å². The van der Waals surface area contributed by atoms with Crippen LogP contribution < -0.4 is 5.32 Å². The molecule has 20 heavy (non-hydrogen) atoms. The van der Waals surface area contributed by atoms with Gasteiger partial charge in [-0.1, -0.05) is 39.7 Å². The SMILES string of the molecule is CC(O)c1cccc(NC(=O)c2cc(Br)ccc2Cl)c1. The number of carbonyl (C=O) groups excluding carboxylic acids is 1. The number of anilines is 1. The van der Waals surface area contributed by atoms with E-state index in [9.17, 15) is 9.90 Å². The van der Waals surface area contributed by atoms with E-state index in [1.807, 2.05) is 0 Å². The molecule has 5 heteroatoms. The van der Waals surface area contributed by atoms with Crippen molar-refractivity contribution in [3.05, 3.63) is 63.1 Å². The molecule has 0 aliphatic carbocycles. The summed E-state index contributed by atoms with van der Waals surface area (Å²) in [5, 5.41) is 12.7. The minimum atomic E-state index is -0.582. The molecule has 1 atom stereocenters. The van der Waals surface area contributed by atoms with Crippen molar-refractivity contribution in [2.24, 2.45) is 0 Å². The van der Waals surface area contributed by atoms with Gasteiger partial charge < -0.3 is 10.4 Å². The molecule has 1 amide bonds. The quantitative estimate of drug-likeness (QED) is 0.858. The Kier molecular flexibility index (Phi) is 4.81. The lowest BCUT2D eigenvalue weighted by Crippen LogP contribution is -2.12. The number of aliphatic hydroxyl groups is 1. The zero-order valence-corrected chi connectivity index (χ0v) is 13.1. The van der Waals surface area contributed by atoms with Crippen LogP contribution in [-0.2, 0) is 0 Å². The van der Waals surface area contributed by atoms with Gasteiger partial charge in [0.25, 0.3) is 5.91 Å². The largest absolute Gasteiger partial charge is 0.389 e. The van der Waals surface area contributed by atoms with Gasteiger partial charge in [0.15, 0.2) is 0 Å². The van der Waals surface area contributed by atoms with Crippen molar-refractivity contribution in [1.29, 1.82) is 0 Å². The molecule has 2 rings (SSSR count). The second-order valence-corrected chi connectivity index (χ2v) is 5.70. The third-order valence-electron chi connectivity index (χ3n) is 2.80. The Bertz CT molecular complexity index is 644. The molecule has 0 spiro atoms. The summed E-state index contributed by atoms with van der Waals surface area (Å²) in [7, 11) is 0. The topological polar surface area (TPSA) is 49.3 Å². The van der Waals surface area contributed by atoms with Gasteiger partial charge in [-0.3, -0.25) is 4.79 Å². The highest BCUT2D eigenvalue weighted by Gasteiger charge is 2.11. The Morgan fingerprint density at radius 3 is 2.75 bits per heavy atom. The summed E-state index contributed by atoms with van der Waals surface area (Å²) in [6.07, 6.45) is -0.582. The van der Waals surface area contributed by atoms with Crippen molar-refractivity contribution in [1.82, 2.24) is 0 Å². The summed E-state index contributed by atoms with van der Waals surface area (Å²) in [6, 6.07) is 12.2. The summed E-state index contributed by atoms with van der Waals surface area (Å²) < 4.78 is 0.782. The van der Waals surface area contributed by atoms with E-state index in [1.165, 1.54) is 0 Å². The highest BCUT2D eigenvalue weighted by molar-refractivity contribution is 9.10. The van der Waals surface area contributed by atoms with Crippen molar-refractivity contribution in [3.8, 4) is 0 Å². The maximum Gasteiger partial charge on any atom is 0.257 e. The van der Waals surface area contributed by atoms with Crippen LogP contribution in [0.2, 0.25) is 5.02 Å². The second kappa shape index (κ2) is 6.39. The van der Waals surface area contributed by atoms with Crippen LogP contribution in [0.4, 0.5) is 5.69 Å². The molecular formula is C15H13BrClNO2. The summed E-state index contributed by atoms with van der Waals surface area (Å²) in [5.41, 5.74) is 1.75. The molecule has 2 aromatic carbocycles. The first kappa shape index (κ1) is 15.0. The Morgan fingerprint density at radius 1 is 1.30 bits per heavy atom. The number of benzene rings is 2. The molecule has 0 radical (unpaired) electrons. The average molecular weight is 355 g/mol. The van der Waals surface area contributed by atoms with Crippen LogP contribution in [0.5, 0.6) is 0 Å². The number of aliphatic hydroxyl groups excluding tert-OH is 1. The highest BCUT2D eigenvalue weighted by atomic mass is 79.9. The zero-order valence-electron chi connectivity index (χ0n) is 10.7. The van der Waals surface area contributed by atoms with E-state index in [-0.39, 0.29) is 5.91 Å². The molecule has 0 heterocycles. The average Bonchev–Trinajstić information content (AvgIpc) is 2.41. The Balaban J connectivity index is 2.23. The normalized spacial score (nSPS) is 12.0. The molecule has 0 saturated carbocycles. The molecule has 0 aliphatic heterocycles. The molecule has 0 aromatic heterocycles. The second-order valence-electron chi connectivity index (χ2n) is 4.38. The van der Waals surface area contributed by atoms with Crippen LogP contribution in [-0.4, -0.2) is 11.0 Å². The van der Waals surface area contributed by atoms with Gasteiger partial charge in [-0.05, 0) is 42.8 Å². The third-order valence-corrected chi connectivity index (χ3v) is 3.62. The van der Waals surface area contributed by atoms with Crippen LogP contribution in [0.1, 0.15) is 28.9 Å². The number of hydrogen-bond acceptors (Lipinski definition) is 2. The number of halogens is 2. The van der Waals surface area contributed by atoms with Gasteiger partial charge in [-0.25, -0.2) is 0 Å². The fourth-order valence-electron chi connectivity index (χ4n) is 1.75. The summed E-state index contributed by atoms with van der Waals surface area (Å²) >= 11 is 9.33. The first-order valence-corrected chi connectivity index (χ1v) is 7.19. The van der Waals surface area contributed by atoms with Crippen LogP contribution in [0.3, 0.4) is 0 Å². The molecule has 1 unspecified atom stereocenters. The van der Waals surface area contributed by atoms with Gasteiger partial charge in [-0.2, -0.15) is 0 Å². The van der Waals surface area contributed by atoms with Gasteiger partial charge in [0.05, 0.1) is 16.7 Å². The summed E-state index contributed by atoms with van der Waals surface area (Å²) in [5.74, 6) is -0.293. The number of hydrogen-bond donors (Lipinski definition) is 2. The van der Waals surface area contributed by atoms with Crippen LogP contribution in [0.15, 0.2) is 46.9 Å². The lowest BCUT2D eigenvalue weighted by molar-refractivity contribution is 0.102. The highest BCUT2D eigenvalue weighted by Crippen LogP contribution is 2.23. The summed E-state index contributed by atoms with van der Waals surface area (Å²) in [6.45, 7) is 1.67. The van der Waals surface area contributed by atoms with E-state index in [0.29, 0.717) is 16.3 Å². The van der Waals surface area contributed by atoms with Crippen LogP contribution in [0.25, 0.3) is 0 Å². The number of carbonyl (C=O) groups is 1. The molecule has 104 valence electrons. The van der Waals surface area contributed by atoms with Gasteiger partial charge in [0.1, 0.15) is 0 Å². The van der Waals surface area contributed by atoms with Gasteiger partial charge >= 0.3 is 0 Å². The molecule has 0 bridgehead atoms. The van der Waals surface area contributed by atoms with E-state index in [0.717, 1.165) is 10.0 Å². The van der Waals surface area contributed by atoms with Crippen LogP contribution >= 0.6 is 27.5 Å². The molecule has 2 aromatic rings. The monoisotopic (exact) mass is 353 g/mol. The van der Waals surface area contributed by atoms with Crippen molar-refractivity contribution >= 4 is 39.1 Å². The summed E-state index contributed by atoms with van der Waals surface area (Å²) in [4.78, 5) is 12.2. The molecule has 0 saturated heterocycles. The lowest BCUT2D eigenvalue weighted by Gasteiger charge is -2.10. The maximum atomic E-state index is 12.2. The predicted molar refractivity (Wildman–Crippen MR) is 84.2 cm³/mol. The third kappa shape index (κ3) is 3.60. The molecule has 2 N–H and O–H groups in total. The minimum Gasteiger partial charge on any atom is -0.389 e. The van der Waals surface area contributed by atoms with E-state index >= 15 is 0 Å². The smallest absolute Gasteiger partial charge is 0.257 e. The van der Waals surface area contributed by atoms with Crippen molar-refractivity contribution in [2.75, 3.05) is 5.32 Å². The maximum absolute atomic E-state index is 12.2. The molecular weight excluding hydrogens is 342 g/mol. The molecule has 3 nitrogen and oxygen atoms in total. The van der Waals surface area contributed by atoms with E-state index < -0.39 is 6.10 Å². The van der Waals surface area contributed by atoms with E-state index in [4.69, 9.17) is 11.6 Å². The van der Waals surface area contributed by atoms with Gasteiger partial charge in [-0.15, -0.1) is 0 Å². The van der Waals surface area contributed by atoms with E-state index in [2.05, 4.69) is 21.2 Å². The van der Waals surface area contributed by atoms with Gasteiger partial charge in [0, 0.05) is 10.2 Å². The number of nitrogens with one attached hydrogen (secondary N) is 1.